The summed E-state index contributed by atoms with van der Waals surface area (Å²) in [5.41, 5.74) is 1.08. The second-order valence-electron chi connectivity index (χ2n) is 5.92. The highest BCUT2D eigenvalue weighted by molar-refractivity contribution is 7.93. The molecule has 1 saturated carbocycles. The van der Waals surface area contributed by atoms with Gasteiger partial charge in [-0.2, -0.15) is 0 Å². The number of aromatic nitrogens is 4. The minimum Gasteiger partial charge on any atom is -0.280 e. The molecule has 1 fully saturated rings. The molecular weight excluding hydrogens is 397 g/mol. The van der Waals surface area contributed by atoms with Crippen molar-refractivity contribution < 1.29 is 8.42 Å². The quantitative estimate of drug-likeness (QED) is 0.692. The Hall–Kier alpha value is -2.16. The van der Waals surface area contributed by atoms with E-state index in [2.05, 4.69) is 20.2 Å². The number of benzene rings is 2. The van der Waals surface area contributed by atoms with Crippen LogP contribution in [0, 0.1) is 0 Å². The van der Waals surface area contributed by atoms with Gasteiger partial charge in [-0.15, -0.1) is 5.10 Å². The molecule has 7 nitrogen and oxygen atoms in total. The molecule has 10 heteroatoms. The van der Waals surface area contributed by atoms with Crippen LogP contribution >= 0.6 is 23.2 Å². The number of anilines is 1. The summed E-state index contributed by atoms with van der Waals surface area (Å²) < 4.78 is 29.7. The van der Waals surface area contributed by atoms with E-state index in [-0.39, 0.29) is 14.9 Å². The number of rotatable bonds is 5. The Labute approximate surface area is 160 Å². The van der Waals surface area contributed by atoms with Gasteiger partial charge in [0.2, 0.25) is 0 Å². The first-order valence-electron chi connectivity index (χ1n) is 7.81. The summed E-state index contributed by atoms with van der Waals surface area (Å²) in [4.78, 5) is -0.156. The summed E-state index contributed by atoms with van der Waals surface area (Å²) >= 11 is 12.0. The van der Waals surface area contributed by atoms with Crippen LogP contribution in [0.4, 0.5) is 5.69 Å². The highest BCUT2D eigenvalue weighted by Gasteiger charge is 2.28. The molecule has 0 atom stereocenters. The van der Waals surface area contributed by atoms with E-state index in [1.807, 2.05) is 6.07 Å². The molecule has 0 spiro atoms. The van der Waals surface area contributed by atoms with Crippen molar-refractivity contribution in [2.75, 3.05) is 4.72 Å². The average molecular weight is 410 g/mol. The van der Waals surface area contributed by atoms with Crippen LogP contribution in [0.5, 0.6) is 0 Å². The van der Waals surface area contributed by atoms with Gasteiger partial charge in [-0.05, 0) is 47.5 Å². The van der Waals surface area contributed by atoms with Gasteiger partial charge < -0.3 is 0 Å². The molecule has 1 aliphatic rings. The van der Waals surface area contributed by atoms with Crippen LogP contribution in [-0.4, -0.2) is 28.6 Å². The lowest BCUT2D eigenvalue weighted by molar-refractivity contribution is 0.601. The number of halogens is 2. The lowest BCUT2D eigenvalue weighted by atomic mass is 10.2. The first kappa shape index (κ1) is 17.3. The number of nitrogens with zero attached hydrogens (tertiary/aromatic N) is 4. The van der Waals surface area contributed by atoms with Crippen LogP contribution in [0.25, 0.3) is 11.4 Å². The highest BCUT2D eigenvalue weighted by Crippen LogP contribution is 2.37. The maximum Gasteiger partial charge on any atom is 0.264 e. The predicted octanol–water partition coefficient (Wildman–Crippen LogP) is 3.78. The fourth-order valence-corrected chi connectivity index (χ4v) is 4.81. The van der Waals surface area contributed by atoms with Gasteiger partial charge in [-0.1, -0.05) is 41.4 Å². The minimum absolute atomic E-state index is 0.0545. The topological polar surface area (TPSA) is 89.8 Å². The SMILES string of the molecule is O=S(=O)(Nc1cccc(-c2nnnn2C2CC2)c1)c1c(Cl)cccc1Cl. The van der Waals surface area contributed by atoms with Crippen molar-refractivity contribution in [1.29, 1.82) is 0 Å². The second-order valence-corrected chi connectivity index (χ2v) is 8.35. The monoisotopic (exact) mass is 409 g/mol. The van der Waals surface area contributed by atoms with E-state index in [1.165, 1.54) is 12.1 Å². The molecule has 0 aliphatic heterocycles. The average Bonchev–Trinajstić information content (AvgIpc) is 3.31. The fraction of sp³-hybridized carbons (Fsp3) is 0.188. The molecular formula is C16H13Cl2N5O2S. The molecule has 3 aromatic rings. The third-order valence-corrected chi connectivity index (χ3v) is 6.28. The van der Waals surface area contributed by atoms with Gasteiger partial charge in [-0.3, -0.25) is 4.72 Å². The Balaban J connectivity index is 1.68. The Morgan fingerprint density at radius 1 is 1.08 bits per heavy atom. The molecule has 4 rings (SSSR count). The molecule has 0 bridgehead atoms. The molecule has 26 heavy (non-hydrogen) atoms. The first-order chi connectivity index (χ1) is 12.5. The Bertz CT molecular complexity index is 1060. The number of hydrogen-bond acceptors (Lipinski definition) is 5. The van der Waals surface area contributed by atoms with E-state index in [9.17, 15) is 8.42 Å². The van der Waals surface area contributed by atoms with E-state index >= 15 is 0 Å². The largest absolute Gasteiger partial charge is 0.280 e. The minimum atomic E-state index is -3.95. The summed E-state index contributed by atoms with van der Waals surface area (Å²) in [6, 6.07) is 11.7. The summed E-state index contributed by atoms with van der Waals surface area (Å²) in [7, 11) is -3.95. The van der Waals surface area contributed by atoms with Crippen LogP contribution in [0.2, 0.25) is 10.0 Å². The van der Waals surface area contributed by atoms with Gasteiger partial charge in [0, 0.05) is 11.3 Å². The number of nitrogens with one attached hydrogen (secondary N) is 1. The van der Waals surface area contributed by atoms with Crippen molar-refractivity contribution in [2.45, 2.75) is 23.8 Å². The third kappa shape index (κ3) is 3.27. The molecule has 1 N–H and O–H groups in total. The molecule has 0 amide bonds. The molecule has 1 aliphatic carbocycles. The van der Waals surface area contributed by atoms with E-state index in [4.69, 9.17) is 23.2 Å². The molecule has 1 aromatic heterocycles. The van der Waals surface area contributed by atoms with E-state index < -0.39 is 10.0 Å². The lowest BCUT2D eigenvalue weighted by Crippen LogP contribution is -2.14. The van der Waals surface area contributed by atoms with E-state index in [0.717, 1.165) is 12.8 Å². The predicted molar refractivity (Wildman–Crippen MR) is 98.8 cm³/mol. The van der Waals surface area contributed by atoms with Gasteiger partial charge in [0.25, 0.3) is 10.0 Å². The highest BCUT2D eigenvalue weighted by atomic mass is 35.5. The first-order valence-corrected chi connectivity index (χ1v) is 10.0. The Morgan fingerprint density at radius 2 is 1.77 bits per heavy atom. The van der Waals surface area contributed by atoms with Crippen molar-refractivity contribution in [3.8, 4) is 11.4 Å². The van der Waals surface area contributed by atoms with Crippen molar-refractivity contribution in [1.82, 2.24) is 20.2 Å². The standard InChI is InChI=1S/C16H13Cl2N5O2S/c17-13-5-2-6-14(18)15(13)26(24,25)20-11-4-1-3-10(9-11)16-19-21-22-23(16)12-7-8-12/h1-6,9,12,20H,7-8H2. The van der Waals surface area contributed by atoms with Crippen molar-refractivity contribution in [3.05, 3.63) is 52.5 Å². The van der Waals surface area contributed by atoms with Gasteiger partial charge >= 0.3 is 0 Å². The lowest BCUT2D eigenvalue weighted by Gasteiger charge is -2.12. The molecule has 1 heterocycles. The maximum atomic E-state index is 12.7. The Morgan fingerprint density at radius 3 is 2.46 bits per heavy atom. The van der Waals surface area contributed by atoms with Gasteiger partial charge in [0.15, 0.2) is 5.82 Å². The van der Waals surface area contributed by atoms with Crippen LogP contribution in [-0.2, 0) is 10.0 Å². The summed E-state index contributed by atoms with van der Waals surface area (Å²) in [5, 5.41) is 11.9. The zero-order chi connectivity index (χ0) is 18.3. The smallest absolute Gasteiger partial charge is 0.264 e. The molecule has 0 radical (unpaired) electrons. The molecule has 0 unspecified atom stereocenters. The van der Waals surface area contributed by atoms with Gasteiger partial charge in [0.1, 0.15) is 4.90 Å². The van der Waals surface area contributed by atoms with Crippen LogP contribution in [0.1, 0.15) is 18.9 Å². The zero-order valence-electron chi connectivity index (χ0n) is 13.3. The summed E-state index contributed by atoms with van der Waals surface area (Å²) in [6.45, 7) is 0. The van der Waals surface area contributed by atoms with Crippen LogP contribution in [0.3, 0.4) is 0 Å². The third-order valence-electron chi connectivity index (χ3n) is 3.95. The van der Waals surface area contributed by atoms with Crippen molar-refractivity contribution in [2.24, 2.45) is 0 Å². The van der Waals surface area contributed by atoms with E-state index in [1.54, 1.807) is 28.9 Å². The van der Waals surface area contributed by atoms with Gasteiger partial charge in [-0.25, -0.2) is 13.1 Å². The summed E-state index contributed by atoms with van der Waals surface area (Å²) in [6.07, 6.45) is 2.07. The summed E-state index contributed by atoms with van der Waals surface area (Å²) in [5.74, 6) is 0.601. The normalized spacial score (nSPS) is 14.4. The molecule has 134 valence electrons. The van der Waals surface area contributed by atoms with Crippen LogP contribution < -0.4 is 4.72 Å². The number of sulfonamides is 1. The fourth-order valence-electron chi connectivity index (χ4n) is 2.62. The number of tetrazole rings is 1. The van der Waals surface area contributed by atoms with Crippen LogP contribution in [0.15, 0.2) is 47.4 Å². The zero-order valence-corrected chi connectivity index (χ0v) is 15.6. The Kier molecular flexibility index (Phi) is 4.34. The molecule has 2 aromatic carbocycles. The van der Waals surface area contributed by atoms with Gasteiger partial charge in [0.05, 0.1) is 16.1 Å². The second kappa shape index (κ2) is 6.53. The number of hydrogen-bond donors (Lipinski definition) is 1. The van der Waals surface area contributed by atoms with Crippen molar-refractivity contribution >= 4 is 38.9 Å². The molecule has 0 saturated heterocycles. The van der Waals surface area contributed by atoms with Crippen molar-refractivity contribution in [3.63, 3.8) is 0 Å². The van der Waals surface area contributed by atoms with E-state index in [0.29, 0.717) is 23.1 Å². The maximum absolute atomic E-state index is 12.7.